The van der Waals surface area contributed by atoms with Gasteiger partial charge in [0.2, 0.25) is 5.91 Å². The summed E-state index contributed by atoms with van der Waals surface area (Å²) in [7, 11) is 0. The topological polar surface area (TPSA) is 74.7 Å². The molecule has 1 aliphatic rings. The van der Waals surface area contributed by atoms with Crippen LogP contribution in [-0.4, -0.2) is 33.9 Å². The zero-order valence-electron chi connectivity index (χ0n) is 10.6. The van der Waals surface area contributed by atoms with Crippen molar-refractivity contribution in [1.82, 2.24) is 0 Å². The lowest BCUT2D eigenvalue weighted by Gasteiger charge is -2.19. The molecular weight excluding hydrogens is 302 g/mol. The number of nitrogens with zero attached hydrogens (tertiary/aromatic N) is 1. The summed E-state index contributed by atoms with van der Waals surface area (Å²) in [5.74, 6) is -1.32. The summed E-state index contributed by atoms with van der Waals surface area (Å²) in [4.78, 5) is 35.7. The van der Waals surface area contributed by atoms with Crippen LogP contribution < -0.4 is 4.90 Å². The maximum absolute atomic E-state index is 12.0. The molecule has 1 saturated heterocycles. The minimum Gasteiger partial charge on any atom is -0.478 e. The Balaban J connectivity index is 2.32. The van der Waals surface area contributed by atoms with Gasteiger partial charge in [-0.15, -0.1) is 0 Å². The largest absolute Gasteiger partial charge is 0.478 e. The average Bonchev–Trinajstić information content (AvgIpc) is 2.68. The number of carboxylic acids is 1. The van der Waals surface area contributed by atoms with Crippen molar-refractivity contribution in [3.63, 3.8) is 0 Å². The van der Waals surface area contributed by atoms with Crippen LogP contribution in [0.1, 0.15) is 23.7 Å². The molecule has 1 heterocycles. The third-order valence-electron chi connectivity index (χ3n) is 2.90. The third-order valence-corrected chi connectivity index (χ3v) is 4.12. The quantitative estimate of drug-likeness (QED) is 0.927. The van der Waals surface area contributed by atoms with Gasteiger partial charge in [-0.2, -0.15) is 0 Å². The highest BCUT2D eigenvalue weighted by molar-refractivity contribution is 8.14. The van der Waals surface area contributed by atoms with Gasteiger partial charge >= 0.3 is 5.97 Å². The second-order valence-corrected chi connectivity index (χ2v) is 6.32. The zero-order chi connectivity index (χ0) is 14.9. The lowest BCUT2D eigenvalue weighted by atomic mass is 10.1. The molecule has 2 rings (SSSR count). The van der Waals surface area contributed by atoms with Gasteiger partial charge in [0.05, 0.1) is 11.3 Å². The molecule has 0 spiro atoms. The Bertz CT molecular complexity index is 590. The van der Waals surface area contributed by atoms with Crippen molar-refractivity contribution in [2.45, 2.75) is 18.6 Å². The van der Waals surface area contributed by atoms with Gasteiger partial charge in [-0.05, 0) is 18.2 Å². The summed E-state index contributed by atoms with van der Waals surface area (Å²) in [5, 5.41) is 9.32. The number of carbonyl (C=O) groups is 3. The summed E-state index contributed by atoms with van der Waals surface area (Å²) in [6.07, 6.45) is 0.218. The molecule has 0 radical (unpaired) electrons. The molecule has 7 heteroatoms. The number of amides is 1. The molecule has 1 N–H and O–H groups in total. The minimum absolute atomic E-state index is 0.0243. The van der Waals surface area contributed by atoms with Gasteiger partial charge in [-0.1, -0.05) is 23.4 Å². The van der Waals surface area contributed by atoms with E-state index in [-0.39, 0.29) is 33.9 Å². The molecule has 0 aliphatic carbocycles. The molecular formula is C13H12ClNO4S. The number of halogens is 1. The van der Waals surface area contributed by atoms with Gasteiger partial charge in [0.1, 0.15) is 0 Å². The third kappa shape index (κ3) is 3.13. The predicted molar refractivity (Wildman–Crippen MR) is 77.4 cm³/mol. The fourth-order valence-electron chi connectivity index (χ4n) is 2.13. The van der Waals surface area contributed by atoms with E-state index in [4.69, 9.17) is 11.6 Å². The van der Waals surface area contributed by atoms with Crippen LogP contribution in [0.3, 0.4) is 0 Å². The highest BCUT2D eigenvalue weighted by Gasteiger charge is 2.33. The molecule has 1 amide bonds. The Hall–Kier alpha value is -1.53. The SMILES string of the molecule is CC(=O)SC1CC(=O)N(c2cc(Cl)ccc2C(=O)O)C1. The highest BCUT2D eigenvalue weighted by Crippen LogP contribution is 2.32. The van der Waals surface area contributed by atoms with Gasteiger partial charge < -0.3 is 10.0 Å². The van der Waals surface area contributed by atoms with E-state index in [1.807, 2.05) is 0 Å². The van der Waals surface area contributed by atoms with E-state index in [9.17, 15) is 19.5 Å². The van der Waals surface area contributed by atoms with Crippen molar-refractivity contribution in [1.29, 1.82) is 0 Å². The molecule has 1 fully saturated rings. The number of anilines is 1. The molecule has 1 aromatic rings. The van der Waals surface area contributed by atoms with E-state index in [1.165, 1.54) is 30.0 Å². The Morgan fingerprint density at radius 3 is 2.75 bits per heavy atom. The fourth-order valence-corrected chi connectivity index (χ4v) is 3.22. The molecule has 1 aromatic carbocycles. The first kappa shape index (κ1) is 14.9. The summed E-state index contributed by atoms with van der Waals surface area (Å²) in [6, 6.07) is 4.30. The first-order valence-corrected chi connectivity index (χ1v) is 7.14. The van der Waals surface area contributed by atoms with Gasteiger partial charge in [0.15, 0.2) is 5.12 Å². The number of carboxylic acid groups (broad SMARTS) is 1. The Morgan fingerprint density at radius 2 is 2.15 bits per heavy atom. The fraction of sp³-hybridized carbons (Fsp3) is 0.308. The number of benzene rings is 1. The molecule has 0 saturated carbocycles. The molecule has 0 bridgehead atoms. The number of thioether (sulfide) groups is 1. The minimum atomic E-state index is -1.12. The van der Waals surface area contributed by atoms with E-state index >= 15 is 0 Å². The molecule has 1 unspecified atom stereocenters. The van der Waals surface area contributed by atoms with Gasteiger partial charge in [-0.3, -0.25) is 9.59 Å². The van der Waals surface area contributed by atoms with Gasteiger partial charge in [0.25, 0.3) is 0 Å². The van der Waals surface area contributed by atoms with Gasteiger partial charge in [-0.25, -0.2) is 4.79 Å². The second-order valence-electron chi connectivity index (χ2n) is 4.41. The van der Waals surface area contributed by atoms with Crippen LogP contribution in [0.2, 0.25) is 5.02 Å². The van der Waals surface area contributed by atoms with E-state index < -0.39 is 5.97 Å². The summed E-state index contributed by atoms with van der Waals surface area (Å²) >= 11 is 6.98. The van der Waals surface area contributed by atoms with Crippen LogP contribution in [0, 0.1) is 0 Å². The monoisotopic (exact) mass is 313 g/mol. The Kier molecular flexibility index (Phi) is 4.35. The van der Waals surface area contributed by atoms with Crippen molar-refractivity contribution in [2.24, 2.45) is 0 Å². The van der Waals surface area contributed by atoms with Crippen molar-refractivity contribution >= 4 is 46.0 Å². The van der Waals surface area contributed by atoms with E-state index in [0.29, 0.717) is 11.6 Å². The number of hydrogen-bond acceptors (Lipinski definition) is 4. The summed E-state index contributed by atoms with van der Waals surface area (Å²) in [5.41, 5.74) is 0.304. The molecule has 1 aliphatic heterocycles. The molecule has 106 valence electrons. The van der Waals surface area contributed by atoms with Crippen molar-refractivity contribution in [3.8, 4) is 0 Å². The van der Waals surface area contributed by atoms with Crippen LogP contribution >= 0.6 is 23.4 Å². The van der Waals surface area contributed by atoms with E-state index in [1.54, 1.807) is 0 Å². The molecule has 1 atom stereocenters. The standard InChI is InChI=1S/C13H12ClNO4S/c1-7(16)20-9-5-12(17)15(6-9)11-4-8(14)2-3-10(11)13(18)19/h2-4,9H,5-6H2,1H3,(H,18,19). The average molecular weight is 314 g/mol. The number of rotatable bonds is 3. The van der Waals surface area contributed by atoms with Gasteiger partial charge in [0, 0.05) is 30.2 Å². The normalized spacial score (nSPS) is 18.4. The molecule has 0 aromatic heterocycles. The lowest BCUT2D eigenvalue weighted by molar-refractivity contribution is -0.117. The predicted octanol–water partition coefficient (Wildman–Crippen LogP) is 2.42. The Morgan fingerprint density at radius 1 is 1.45 bits per heavy atom. The molecule has 5 nitrogen and oxygen atoms in total. The lowest BCUT2D eigenvalue weighted by Crippen LogP contribution is -2.27. The highest BCUT2D eigenvalue weighted by atomic mass is 35.5. The smallest absolute Gasteiger partial charge is 0.337 e. The Labute approximate surface area is 124 Å². The van der Waals surface area contributed by atoms with E-state index in [2.05, 4.69) is 0 Å². The molecule has 20 heavy (non-hydrogen) atoms. The van der Waals surface area contributed by atoms with Crippen LogP contribution in [0.25, 0.3) is 0 Å². The maximum atomic E-state index is 12.0. The van der Waals surface area contributed by atoms with Crippen LogP contribution in [0.5, 0.6) is 0 Å². The van der Waals surface area contributed by atoms with Crippen LogP contribution in [-0.2, 0) is 9.59 Å². The first-order chi connectivity index (χ1) is 9.38. The van der Waals surface area contributed by atoms with Crippen molar-refractivity contribution in [2.75, 3.05) is 11.4 Å². The summed E-state index contributed by atoms with van der Waals surface area (Å²) in [6.45, 7) is 1.75. The number of hydrogen-bond donors (Lipinski definition) is 1. The first-order valence-electron chi connectivity index (χ1n) is 5.89. The maximum Gasteiger partial charge on any atom is 0.337 e. The van der Waals surface area contributed by atoms with Crippen molar-refractivity contribution in [3.05, 3.63) is 28.8 Å². The number of carbonyl (C=O) groups excluding carboxylic acids is 2. The second kappa shape index (κ2) is 5.85. The van der Waals surface area contributed by atoms with Crippen LogP contribution in [0.4, 0.5) is 5.69 Å². The number of aromatic carboxylic acids is 1. The van der Waals surface area contributed by atoms with Crippen molar-refractivity contribution < 1.29 is 19.5 Å². The zero-order valence-corrected chi connectivity index (χ0v) is 12.2. The summed E-state index contributed by atoms with van der Waals surface area (Å²) < 4.78 is 0. The van der Waals surface area contributed by atoms with E-state index in [0.717, 1.165) is 11.8 Å². The van der Waals surface area contributed by atoms with Crippen LogP contribution in [0.15, 0.2) is 18.2 Å².